The summed E-state index contributed by atoms with van der Waals surface area (Å²) < 4.78 is 0. The van der Waals surface area contributed by atoms with Crippen molar-refractivity contribution in [2.24, 2.45) is 0 Å². The van der Waals surface area contributed by atoms with Gasteiger partial charge in [0.1, 0.15) is 0 Å². The molecule has 0 spiro atoms. The van der Waals surface area contributed by atoms with E-state index in [1.54, 1.807) is 0 Å². The Bertz CT molecular complexity index is 820. The van der Waals surface area contributed by atoms with Gasteiger partial charge in [-0.1, -0.05) is 77.8 Å². The van der Waals surface area contributed by atoms with E-state index in [-0.39, 0.29) is 0 Å². The Morgan fingerprint density at radius 1 is 0.655 bits per heavy atom. The molecule has 1 aromatic heterocycles. The van der Waals surface area contributed by atoms with Crippen LogP contribution in [0.25, 0.3) is 10.6 Å². The third kappa shape index (κ3) is 7.44. The molecule has 0 bridgehead atoms. The number of pyridine rings is 1. The first-order chi connectivity index (χ1) is 14.0. The first-order valence-corrected chi connectivity index (χ1v) is 15.7. The van der Waals surface area contributed by atoms with Gasteiger partial charge in [-0.25, -0.2) is 0 Å². The maximum absolute atomic E-state index is 4.93. The number of nitrogens with zero attached hydrogens (tertiary/aromatic N) is 3. The van der Waals surface area contributed by atoms with Gasteiger partial charge in [0.15, 0.2) is 0 Å². The molecule has 0 fully saturated rings. The van der Waals surface area contributed by atoms with Crippen molar-refractivity contribution in [3.05, 3.63) is 98.9 Å². The summed E-state index contributed by atoms with van der Waals surface area (Å²) in [6.07, 6.45) is 0. The molecule has 0 amide bonds. The summed E-state index contributed by atoms with van der Waals surface area (Å²) >= 11 is -0.826. The second-order valence-corrected chi connectivity index (χ2v) is 10.5. The van der Waals surface area contributed by atoms with Crippen molar-refractivity contribution < 1.29 is 20.8 Å². The fourth-order valence-corrected chi connectivity index (χ4v) is 3.14. The van der Waals surface area contributed by atoms with Crippen molar-refractivity contribution in [3.8, 4) is 0 Å². The molecular weight excluding hydrogens is 480 g/mol. The number of hydrogen-bond acceptors (Lipinski definition) is 1. The zero-order chi connectivity index (χ0) is 21.2. The van der Waals surface area contributed by atoms with Gasteiger partial charge in [0.05, 0.1) is 0 Å². The SMILES string of the molecule is Cc1cccc(C)c1[N-]Cc1cccc(C[N-]c2c(C)cccc2C)n1.[Cl][Zr+2][Cl]. The van der Waals surface area contributed by atoms with E-state index in [4.69, 9.17) is 32.6 Å². The molecule has 29 heavy (non-hydrogen) atoms. The van der Waals surface area contributed by atoms with Gasteiger partial charge >= 0.3 is 37.9 Å². The molecule has 0 unspecified atom stereocenters. The van der Waals surface area contributed by atoms with E-state index in [1.165, 1.54) is 22.3 Å². The molecule has 0 aliphatic heterocycles. The Kier molecular flexibility index (Phi) is 10.2. The molecule has 1 heterocycles. The van der Waals surface area contributed by atoms with Crippen LogP contribution in [0.4, 0.5) is 11.4 Å². The molecule has 3 aromatic rings. The van der Waals surface area contributed by atoms with Crippen LogP contribution in [-0.2, 0) is 33.9 Å². The Morgan fingerprint density at radius 2 is 0.966 bits per heavy atom. The van der Waals surface area contributed by atoms with Gasteiger partial charge in [0.2, 0.25) is 0 Å². The van der Waals surface area contributed by atoms with E-state index < -0.39 is 20.8 Å². The number of halogens is 2. The van der Waals surface area contributed by atoms with Gasteiger partial charge in [-0.15, -0.1) is 11.4 Å². The number of hydrogen-bond donors (Lipinski definition) is 0. The number of rotatable bonds is 6. The molecule has 2 aromatic carbocycles. The Balaban J connectivity index is 0.000000941. The molecule has 0 aliphatic rings. The molecule has 0 atom stereocenters. The van der Waals surface area contributed by atoms with Crippen LogP contribution in [0, 0.1) is 27.7 Å². The summed E-state index contributed by atoms with van der Waals surface area (Å²) in [5, 5.41) is 9.54. The third-order valence-electron chi connectivity index (χ3n) is 4.54. The molecule has 0 saturated carbocycles. The molecule has 6 heteroatoms. The van der Waals surface area contributed by atoms with Crippen molar-refractivity contribution >= 4 is 28.4 Å². The van der Waals surface area contributed by atoms with Crippen LogP contribution in [0.3, 0.4) is 0 Å². The van der Waals surface area contributed by atoms with Crippen molar-refractivity contribution in [3.63, 3.8) is 0 Å². The van der Waals surface area contributed by atoms with Gasteiger partial charge < -0.3 is 10.6 Å². The van der Waals surface area contributed by atoms with Crippen molar-refractivity contribution in [1.82, 2.24) is 4.98 Å². The summed E-state index contributed by atoms with van der Waals surface area (Å²) in [7, 11) is 9.87. The topological polar surface area (TPSA) is 41.1 Å². The zero-order valence-corrected chi connectivity index (χ0v) is 21.2. The predicted molar refractivity (Wildman–Crippen MR) is 121 cm³/mol. The van der Waals surface area contributed by atoms with Gasteiger partial charge in [-0.05, 0) is 39.8 Å². The van der Waals surface area contributed by atoms with Gasteiger partial charge in [-0.2, -0.15) is 0 Å². The summed E-state index contributed by atoms with van der Waals surface area (Å²) in [5.74, 6) is 0. The van der Waals surface area contributed by atoms with Crippen molar-refractivity contribution in [2.45, 2.75) is 40.8 Å². The van der Waals surface area contributed by atoms with Gasteiger partial charge in [0, 0.05) is 11.4 Å². The van der Waals surface area contributed by atoms with Crippen LogP contribution in [0.5, 0.6) is 0 Å². The van der Waals surface area contributed by atoms with E-state index >= 15 is 0 Å². The van der Waals surface area contributed by atoms with E-state index in [1.807, 2.05) is 18.2 Å². The fourth-order valence-electron chi connectivity index (χ4n) is 3.14. The summed E-state index contributed by atoms with van der Waals surface area (Å²) in [4.78, 5) is 4.73. The molecular formula is C23H25Cl2N3Zr. The molecule has 0 radical (unpaired) electrons. The monoisotopic (exact) mass is 503 g/mol. The number of aromatic nitrogens is 1. The van der Waals surface area contributed by atoms with Crippen LogP contribution >= 0.6 is 17.0 Å². The van der Waals surface area contributed by atoms with Crippen LogP contribution in [-0.4, -0.2) is 4.98 Å². The maximum atomic E-state index is 4.93. The van der Waals surface area contributed by atoms with E-state index in [0.717, 1.165) is 22.8 Å². The van der Waals surface area contributed by atoms with Crippen LogP contribution < -0.4 is 0 Å². The van der Waals surface area contributed by atoms with Crippen LogP contribution in [0.15, 0.2) is 54.6 Å². The normalized spacial score (nSPS) is 9.86. The van der Waals surface area contributed by atoms with E-state index in [0.29, 0.717) is 13.1 Å². The van der Waals surface area contributed by atoms with Crippen LogP contribution in [0.1, 0.15) is 33.6 Å². The second kappa shape index (κ2) is 12.4. The predicted octanol–water partition coefficient (Wildman–Crippen LogP) is 8.10. The Morgan fingerprint density at radius 3 is 1.31 bits per heavy atom. The minimum absolute atomic E-state index is 0.586. The van der Waals surface area contributed by atoms with Gasteiger partial charge in [-0.3, -0.25) is 4.98 Å². The molecule has 150 valence electrons. The first kappa shape index (κ1) is 23.9. The summed E-state index contributed by atoms with van der Waals surface area (Å²) in [6, 6.07) is 18.6. The number of aryl methyl sites for hydroxylation is 4. The summed E-state index contributed by atoms with van der Waals surface area (Å²) in [5.41, 5.74) is 8.89. The number of para-hydroxylation sites is 2. The number of benzene rings is 2. The Labute approximate surface area is 192 Å². The first-order valence-electron chi connectivity index (χ1n) is 9.34. The van der Waals surface area contributed by atoms with Crippen molar-refractivity contribution in [1.29, 1.82) is 0 Å². The minimum atomic E-state index is -0.826. The van der Waals surface area contributed by atoms with Gasteiger partial charge in [0.25, 0.3) is 0 Å². The summed E-state index contributed by atoms with van der Waals surface area (Å²) in [6.45, 7) is 9.56. The standard InChI is InChI=1S/C23H25N3.2ClH.Zr/c1-16-8-5-9-17(2)22(16)24-14-20-12-7-13-21(26-20)15-25-23-18(3)10-6-11-19(23)4;;;/h5-13H,14-15H2,1-4H3;2*1H;/q-2;;;+4/p-2. The molecule has 0 saturated heterocycles. The van der Waals surface area contributed by atoms with Crippen molar-refractivity contribution in [2.75, 3.05) is 0 Å². The second-order valence-electron chi connectivity index (χ2n) is 6.80. The molecule has 0 N–H and O–H groups in total. The van der Waals surface area contributed by atoms with E-state index in [2.05, 4.69) is 64.1 Å². The van der Waals surface area contributed by atoms with Crippen LogP contribution in [0.2, 0.25) is 0 Å². The average Bonchev–Trinajstić information content (AvgIpc) is 2.68. The zero-order valence-electron chi connectivity index (χ0n) is 17.2. The average molecular weight is 506 g/mol. The third-order valence-corrected chi connectivity index (χ3v) is 4.54. The fraction of sp³-hybridized carbons (Fsp3) is 0.261. The molecule has 3 rings (SSSR count). The van der Waals surface area contributed by atoms with E-state index in [9.17, 15) is 0 Å². The molecule has 3 nitrogen and oxygen atoms in total. The molecule has 0 aliphatic carbocycles. The Hall–Kier alpha value is -1.35. The quantitative estimate of drug-likeness (QED) is 0.334.